The van der Waals surface area contributed by atoms with E-state index in [1.54, 1.807) is 20.1 Å². The third-order valence-electron chi connectivity index (χ3n) is 1.72. The Bertz CT molecular complexity index is 245. The minimum atomic E-state index is 0.645. The Morgan fingerprint density at radius 1 is 1.43 bits per heavy atom. The van der Waals surface area contributed by atoms with Gasteiger partial charge < -0.3 is 15.4 Å². The number of hydrogen-bond acceptors (Lipinski definition) is 3. The Hall–Kier alpha value is -1.29. The minimum Gasteiger partial charge on any atom is -0.497 e. The molecule has 0 atom stereocenters. The Labute approximate surface area is 85.0 Å². The molecule has 0 aliphatic heterocycles. The highest BCUT2D eigenvalue weighted by molar-refractivity contribution is 5.50. The van der Waals surface area contributed by atoms with E-state index < -0.39 is 0 Å². The molecule has 80 valence electrons. The Kier molecular flexibility index (Phi) is 6.49. The van der Waals surface area contributed by atoms with Crippen molar-refractivity contribution in [3.05, 3.63) is 23.1 Å². The quantitative estimate of drug-likeness (QED) is 0.376. The fourth-order valence-corrected chi connectivity index (χ4v) is 1.04. The lowest BCUT2D eigenvalue weighted by Gasteiger charge is -2.08. The van der Waals surface area contributed by atoms with Gasteiger partial charge in [-0.3, -0.25) is 4.79 Å². The van der Waals surface area contributed by atoms with Gasteiger partial charge in [-0.2, -0.15) is 0 Å². The van der Waals surface area contributed by atoms with Crippen molar-refractivity contribution < 1.29 is 9.53 Å². The maximum Gasteiger partial charge on any atom is 0.211 e. The number of methoxy groups -OCH3 is 1. The molecule has 0 aliphatic rings. The van der Waals surface area contributed by atoms with Gasteiger partial charge in [-0.05, 0) is 32.5 Å². The zero-order chi connectivity index (χ0) is 11.0. The number of carbonyl (C=O) groups is 1. The summed E-state index contributed by atoms with van der Waals surface area (Å²) >= 11 is 0. The summed E-state index contributed by atoms with van der Waals surface area (Å²) in [5.41, 5.74) is 1.84. The molecule has 0 radical (unpaired) electrons. The SMILES string of the molecule is CNC/C(C)=C(/C=C(/C)NC=O)OC. The molecule has 0 rings (SSSR count). The summed E-state index contributed by atoms with van der Waals surface area (Å²) in [6.45, 7) is 4.54. The molecule has 0 aromatic heterocycles. The van der Waals surface area contributed by atoms with Gasteiger partial charge in [0.25, 0.3) is 0 Å². The van der Waals surface area contributed by atoms with Gasteiger partial charge in [-0.15, -0.1) is 0 Å². The van der Waals surface area contributed by atoms with Gasteiger partial charge in [0.15, 0.2) is 0 Å². The number of rotatable bonds is 6. The standard InChI is InChI=1S/C10H18N2O2/c1-8(6-11-3)10(14-4)5-9(2)12-7-13/h5,7,11H,6H2,1-4H3,(H,12,13)/b9-5-,10-8-. The van der Waals surface area contributed by atoms with Crippen LogP contribution in [0.15, 0.2) is 23.1 Å². The van der Waals surface area contributed by atoms with Crippen molar-refractivity contribution in [1.82, 2.24) is 10.6 Å². The summed E-state index contributed by atoms with van der Waals surface area (Å²) in [4.78, 5) is 10.2. The van der Waals surface area contributed by atoms with Crippen molar-refractivity contribution in [2.45, 2.75) is 13.8 Å². The third-order valence-corrected chi connectivity index (χ3v) is 1.72. The first-order valence-corrected chi connectivity index (χ1v) is 4.42. The van der Waals surface area contributed by atoms with E-state index in [1.165, 1.54) is 0 Å². The molecule has 0 heterocycles. The Balaban J connectivity index is 4.62. The summed E-state index contributed by atoms with van der Waals surface area (Å²) in [5.74, 6) is 0.770. The first-order chi connectivity index (χ1) is 6.65. The maximum atomic E-state index is 10.2. The van der Waals surface area contributed by atoms with E-state index in [2.05, 4.69) is 10.6 Å². The van der Waals surface area contributed by atoms with Crippen LogP contribution in [0.25, 0.3) is 0 Å². The molecule has 0 aliphatic carbocycles. The van der Waals surface area contributed by atoms with E-state index in [9.17, 15) is 4.79 Å². The lowest BCUT2D eigenvalue weighted by molar-refractivity contribution is -0.108. The van der Waals surface area contributed by atoms with Crippen LogP contribution in [-0.2, 0) is 9.53 Å². The smallest absolute Gasteiger partial charge is 0.211 e. The number of amides is 1. The summed E-state index contributed by atoms with van der Waals surface area (Å²) in [5, 5.41) is 5.58. The van der Waals surface area contributed by atoms with E-state index in [0.29, 0.717) is 6.41 Å². The second-order valence-corrected chi connectivity index (χ2v) is 2.97. The van der Waals surface area contributed by atoms with Crippen LogP contribution < -0.4 is 10.6 Å². The van der Waals surface area contributed by atoms with Gasteiger partial charge in [0, 0.05) is 12.2 Å². The molecule has 4 heteroatoms. The zero-order valence-corrected chi connectivity index (χ0v) is 9.18. The fraction of sp³-hybridized carbons (Fsp3) is 0.500. The summed E-state index contributed by atoms with van der Waals surface area (Å²) < 4.78 is 5.19. The van der Waals surface area contributed by atoms with Gasteiger partial charge in [0.05, 0.1) is 7.11 Å². The van der Waals surface area contributed by atoms with Crippen LogP contribution in [0.2, 0.25) is 0 Å². The minimum absolute atomic E-state index is 0.645. The average Bonchev–Trinajstić information content (AvgIpc) is 2.15. The predicted octanol–water partition coefficient (Wildman–Crippen LogP) is 0.776. The first-order valence-electron chi connectivity index (χ1n) is 4.42. The van der Waals surface area contributed by atoms with Crippen LogP contribution in [0, 0.1) is 0 Å². The zero-order valence-electron chi connectivity index (χ0n) is 9.18. The molecule has 4 nitrogen and oxygen atoms in total. The van der Waals surface area contributed by atoms with Crippen molar-refractivity contribution in [1.29, 1.82) is 0 Å². The summed E-state index contributed by atoms with van der Waals surface area (Å²) in [6.07, 6.45) is 2.44. The summed E-state index contributed by atoms with van der Waals surface area (Å²) in [6, 6.07) is 0. The molecule has 0 aromatic rings. The molecular formula is C10H18N2O2. The average molecular weight is 198 g/mol. The molecule has 2 N–H and O–H groups in total. The van der Waals surface area contributed by atoms with E-state index >= 15 is 0 Å². The van der Waals surface area contributed by atoms with E-state index in [4.69, 9.17) is 4.74 Å². The van der Waals surface area contributed by atoms with Crippen LogP contribution in [0.4, 0.5) is 0 Å². The number of hydrogen-bond donors (Lipinski definition) is 2. The second-order valence-electron chi connectivity index (χ2n) is 2.97. The molecule has 0 saturated heterocycles. The molecule has 0 bridgehead atoms. The van der Waals surface area contributed by atoms with E-state index in [0.717, 1.165) is 23.6 Å². The lowest BCUT2D eigenvalue weighted by Crippen LogP contribution is -2.12. The topological polar surface area (TPSA) is 50.4 Å². The Morgan fingerprint density at radius 3 is 2.50 bits per heavy atom. The lowest BCUT2D eigenvalue weighted by atomic mass is 10.2. The molecular weight excluding hydrogens is 180 g/mol. The van der Waals surface area contributed by atoms with E-state index in [-0.39, 0.29) is 0 Å². The first kappa shape index (κ1) is 12.7. The van der Waals surface area contributed by atoms with Crippen molar-refractivity contribution in [3.63, 3.8) is 0 Å². The van der Waals surface area contributed by atoms with Gasteiger partial charge in [0.1, 0.15) is 5.76 Å². The van der Waals surface area contributed by atoms with Crippen LogP contribution >= 0.6 is 0 Å². The maximum absolute atomic E-state index is 10.2. The number of likely N-dealkylation sites (N-methyl/N-ethyl adjacent to an activating group) is 1. The third kappa shape index (κ3) is 4.67. The second kappa shape index (κ2) is 7.15. The van der Waals surface area contributed by atoms with Crippen molar-refractivity contribution >= 4 is 6.41 Å². The van der Waals surface area contributed by atoms with Crippen molar-refractivity contribution in [3.8, 4) is 0 Å². The number of allylic oxidation sites excluding steroid dienone is 2. The molecule has 0 spiro atoms. The normalized spacial score (nSPS) is 13.3. The molecule has 1 amide bonds. The largest absolute Gasteiger partial charge is 0.497 e. The van der Waals surface area contributed by atoms with Gasteiger partial charge in [-0.1, -0.05) is 0 Å². The highest BCUT2D eigenvalue weighted by Crippen LogP contribution is 2.07. The van der Waals surface area contributed by atoms with Crippen molar-refractivity contribution in [2.75, 3.05) is 20.7 Å². The molecule has 0 fully saturated rings. The molecule has 0 aromatic carbocycles. The Morgan fingerprint density at radius 2 is 2.07 bits per heavy atom. The fourth-order valence-electron chi connectivity index (χ4n) is 1.04. The highest BCUT2D eigenvalue weighted by atomic mass is 16.5. The molecule has 14 heavy (non-hydrogen) atoms. The predicted molar refractivity (Wildman–Crippen MR) is 56.6 cm³/mol. The number of carbonyl (C=O) groups excluding carboxylic acids is 1. The summed E-state index contributed by atoms with van der Waals surface area (Å²) in [7, 11) is 3.48. The number of nitrogens with one attached hydrogen (secondary N) is 2. The van der Waals surface area contributed by atoms with E-state index in [1.807, 2.05) is 14.0 Å². The monoisotopic (exact) mass is 198 g/mol. The number of ether oxygens (including phenoxy) is 1. The van der Waals surface area contributed by atoms with Crippen molar-refractivity contribution in [2.24, 2.45) is 0 Å². The van der Waals surface area contributed by atoms with Gasteiger partial charge >= 0.3 is 0 Å². The highest BCUT2D eigenvalue weighted by Gasteiger charge is 1.99. The molecule has 0 saturated carbocycles. The van der Waals surface area contributed by atoms with Crippen LogP contribution in [0.3, 0.4) is 0 Å². The van der Waals surface area contributed by atoms with Crippen LogP contribution in [-0.4, -0.2) is 27.1 Å². The molecule has 0 unspecified atom stereocenters. The van der Waals surface area contributed by atoms with Gasteiger partial charge in [0.2, 0.25) is 6.41 Å². The van der Waals surface area contributed by atoms with Crippen LogP contribution in [0.5, 0.6) is 0 Å². The van der Waals surface area contributed by atoms with Crippen LogP contribution in [0.1, 0.15) is 13.8 Å². The van der Waals surface area contributed by atoms with Gasteiger partial charge in [-0.25, -0.2) is 0 Å².